The summed E-state index contributed by atoms with van der Waals surface area (Å²) in [6.45, 7) is 1.96. The number of hydrogen-bond donors (Lipinski definition) is 2. The van der Waals surface area contributed by atoms with Crippen LogP contribution in [0.15, 0.2) is 53.7 Å². The Bertz CT molecular complexity index is 958. The molecular formula is C26H31N3O2S. The largest absolute Gasteiger partial charge is 0.350 e. The van der Waals surface area contributed by atoms with Crippen molar-refractivity contribution in [2.45, 2.75) is 61.9 Å². The fourth-order valence-electron chi connectivity index (χ4n) is 6.53. The minimum Gasteiger partial charge on any atom is -0.350 e. The molecule has 168 valence electrons. The van der Waals surface area contributed by atoms with Crippen molar-refractivity contribution in [2.24, 2.45) is 17.8 Å². The lowest BCUT2D eigenvalue weighted by Crippen LogP contribution is -2.60. The van der Waals surface area contributed by atoms with Gasteiger partial charge in [0, 0.05) is 22.8 Å². The molecule has 6 heteroatoms. The number of pyridine rings is 1. The first kappa shape index (κ1) is 21.5. The van der Waals surface area contributed by atoms with Crippen molar-refractivity contribution < 1.29 is 9.59 Å². The molecule has 2 aromatic rings. The van der Waals surface area contributed by atoms with Gasteiger partial charge in [-0.3, -0.25) is 14.6 Å². The van der Waals surface area contributed by atoms with Crippen LogP contribution in [-0.2, 0) is 4.79 Å². The van der Waals surface area contributed by atoms with Crippen molar-refractivity contribution in [3.05, 3.63) is 59.9 Å². The quantitative estimate of drug-likeness (QED) is 0.599. The van der Waals surface area contributed by atoms with Crippen molar-refractivity contribution in [2.75, 3.05) is 5.75 Å². The normalized spacial score (nSPS) is 28.8. The molecule has 1 aromatic heterocycles. The third-order valence-electron chi connectivity index (χ3n) is 7.49. The molecule has 0 spiro atoms. The lowest BCUT2D eigenvalue weighted by Gasteiger charge is -2.56. The number of benzene rings is 1. The molecule has 4 saturated carbocycles. The molecule has 2 amide bonds. The Labute approximate surface area is 194 Å². The number of hydrogen-bond acceptors (Lipinski definition) is 4. The average Bonchev–Trinajstić information content (AvgIpc) is 2.77. The number of rotatable bonds is 7. The molecule has 1 heterocycles. The number of carbonyl (C=O) groups excluding carboxylic acids is 2. The molecule has 2 N–H and O–H groups in total. The maximum Gasteiger partial charge on any atom is 0.252 e. The number of carbonyl (C=O) groups is 2. The first-order valence-corrected chi connectivity index (χ1v) is 12.7. The Kier molecular flexibility index (Phi) is 5.97. The van der Waals surface area contributed by atoms with Crippen molar-refractivity contribution in [3.63, 3.8) is 0 Å². The standard InChI is InChI=1S/C26H31N3O2S/c1-17(21-6-8-27-9-7-21)28-25(31)22-4-2-3-5-23(22)32-16-24(30)29-26-13-18-10-19(14-26)12-20(11-18)15-26/h2-9,17-20H,10-16H2,1H3,(H,28,31)(H,29,30). The summed E-state index contributed by atoms with van der Waals surface area (Å²) in [4.78, 5) is 30.7. The number of nitrogens with one attached hydrogen (secondary N) is 2. The van der Waals surface area contributed by atoms with Crippen molar-refractivity contribution in [3.8, 4) is 0 Å². The van der Waals surface area contributed by atoms with Crippen LogP contribution in [0.5, 0.6) is 0 Å². The van der Waals surface area contributed by atoms with E-state index in [9.17, 15) is 9.59 Å². The lowest BCUT2D eigenvalue weighted by atomic mass is 9.53. The molecule has 0 aliphatic heterocycles. The van der Waals surface area contributed by atoms with Crippen LogP contribution in [0, 0.1) is 17.8 Å². The maximum atomic E-state index is 13.0. The highest BCUT2D eigenvalue weighted by Gasteiger charge is 2.51. The van der Waals surface area contributed by atoms with Gasteiger partial charge in [0.05, 0.1) is 17.4 Å². The smallest absolute Gasteiger partial charge is 0.252 e. The van der Waals surface area contributed by atoms with E-state index in [0.717, 1.165) is 47.5 Å². The lowest BCUT2D eigenvalue weighted by molar-refractivity contribution is -0.124. The van der Waals surface area contributed by atoms with Gasteiger partial charge in [0.1, 0.15) is 0 Å². The van der Waals surface area contributed by atoms with Crippen LogP contribution >= 0.6 is 11.8 Å². The molecular weight excluding hydrogens is 418 g/mol. The van der Waals surface area contributed by atoms with E-state index in [4.69, 9.17) is 0 Å². The van der Waals surface area contributed by atoms with Gasteiger partial charge in [0.2, 0.25) is 5.91 Å². The predicted octanol–water partition coefficient (Wildman–Crippen LogP) is 4.75. The van der Waals surface area contributed by atoms with E-state index in [-0.39, 0.29) is 23.4 Å². The van der Waals surface area contributed by atoms with Gasteiger partial charge in [-0.25, -0.2) is 0 Å². The van der Waals surface area contributed by atoms with E-state index in [1.54, 1.807) is 12.4 Å². The fourth-order valence-corrected chi connectivity index (χ4v) is 7.38. The van der Waals surface area contributed by atoms with E-state index in [2.05, 4.69) is 15.6 Å². The second-order valence-corrected chi connectivity index (χ2v) is 11.0. The predicted molar refractivity (Wildman–Crippen MR) is 126 cm³/mol. The Morgan fingerprint density at radius 2 is 1.66 bits per heavy atom. The van der Waals surface area contributed by atoms with Gasteiger partial charge in [0.25, 0.3) is 5.91 Å². The first-order chi connectivity index (χ1) is 15.5. The second kappa shape index (κ2) is 8.89. The molecule has 5 nitrogen and oxygen atoms in total. The minimum atomic E-state index is -0.126. The summed E-state index contributed by atoms with van der Waals surface area (Å²) in [6.07, 6.45) is 11.0. The summed E-state index contributed by atoms with van der Waals surface area (Å²) >= 11 is 1.45. The van der Waals surface area contributed by atoms with E-state index in [1.165, 1.54) is 31.0 Å². The third kappa shape index (κ3) is 4.56. The van der Waals surface area contributed by atoms with Crippen LogP contribution < -0.4 is 10.6 Å². The summed E-state index contributed by atoms with van der Waals surface area (Å²) in [5, 5.41) is 6.49. The van der Waals surface area contributed by atoms with E-state index in [1.807, 2.05) is 43.3 Å². The van der Waals surface area contributed by atoms with Crippen molar-refractivity contribution in [1.82, 2.24) is 15.6 Å². The molecule has 4 aliphatic rings. The molecule has 1 atom stereocenters. The summed E-state index contributed by atoms with van der Waals surface area (Å²) in [7, 11) is 0. The van der Waals surface area contributed by atoms with Crippen molar-refractivity contribution in [1.29, 1.82) is 0 Å². The van der Waals surface area contributed by atoms with Crippen LogP contribution in [0.4, 0.5) is 0 Å². The van der Waals surface area contributed by atoms with Crippen LogP contribution in [0.3, 0.4) is 0 Å². The number of thioether (sulfide) groups is 1. The average molecular weight is 450 g/mol. The van der Waals surface area contributed by atoms with Crippen LogP contribution in [-0.4, -0.2) is 28.1 Å². The van der Waals surface area contributed by atoms with Gasteiger partial charge >= 0.3 is 0 Å². The molecule has 1 unspecified atom stereocenters. The molecule has 4 fully saturated rings. The molecule has 0 radical (unpaired) electrons. The minimum absolute atomic E-state index is 0.0310. The SMILES string of the molecule is CC(NC(=O)c1ccccc1SCC(=O)NC12CC3CC(CC(C3)C1)C2)c1ccncc1. The molecule has 4 bridgehead atoms. The Hall–Kier alpha value is -2.34. The Morgan fingerprint density at radius 3 is 2.31 bits per heavy atom. The van der Waals surface area contributed by atoms with Gasteiger partial charge in [-0.15, -0.1) is 11.8 Å². The summed E-state index contributed by atoms with van der Waals surface area (Å²) in [5.74, 6) is 2.73. The summed E-state index contributed by atoms with van der Waals surface area (Å²) in [5.41, 5.74) is 1.65. The molecule has 32 heavy (non-hydrogen) atoms. The first-order valence-electron chi connectivity index (χ1n) is 11.7. The summed E-state index contributed by atoms with van der Waals surface area (Å²) in [6, 6.07) is 11.2. The van der Waals surface area contributed by atoms with Gasteiger partial charge in [0.15, 0.2) is 0 Å². The van der Waals surface area contributed by atoms with Crippen LogP contribution in [0.2, 0.25) is 0 Å². The van der Waals surface area contributed by atoms with E-state index in [0.29, 0.717) is 11.3 Å². The van der Waals surface area contributed by atoms with Crippen molar-refractivity contribution >= 4 is 23.6 Å². The highest BCUT2D eigenvalue weighted by Crippen LogP contribution is 2.55. The number of aromatic nitrogens is 1. The zero-order valence-electron chi connectivity index (χ0n) is 18.5. The van der Waals surface area contributed by atoms with E-state index < -0.39 is 0 Å². The monoisotopic (exact) mass is 449 g/mol. The fraction of sp³-hybridized carbons (Fsp3) is 0.500. The molecule has 6 rings (SSSR count). The number of amides is 2. The summed E-state index contributed by atoms with van der Waals surface area (Å²) < 4.78 is 0. The van der Waals surface area contributed by atoms with Gasteiger partial charge in [-0.05, 0) is 93.0 Å². The molecule has 4 aliphatic carbocycles. The van der Waals surface area contributed by atoms with Gasteiger partial charge < -0.3 is 10.6 Å². The van der Waals surface area contributed by atoms with Crippen LogP contribution in [0.25, 0.3) is 0 Å². The maximum absolute atomic E-state index is 13.0. The molecule has 0 saturated heterocycles. The van der Waals surface area contributed by atoms with Crippen LogP contribution in [0.1, 0.15) is 67.4 Å². The van der Waals surface area contributed by atoms with Gasteiger partial charge in [-0.2, -0.15) is 0 Å². The molecule has 1 aromatic carbocycles. The van der Waals surface area contributed by atoms with E-state index >= 15 is 0 Å². The zero-order chi connectivity index (χ0) is 22.1. The highest BCUT2D eigenvalue weighted by atomic mass is 32.2. The Morgan fingerprint density at radius 1 is 1.03 bits per heavy atom. The third-order valence-corrected chi connectivity index (χ3v) is 8.56. The van der Waals surface area contributed by atoms with Gasteiger partial charge in [-0.1, -0.05) is 12.1 Å². The number of nitrogens with zero attached hydrogens (tertiary/aromatic N) is 1. The Balaban J connectivity index is 1.20. The second-order valence-electron chi connectivity index (χ2n) is 10.0. The zero-order valence-corrected chi connectivity index (χ0v) is 19.4. The highest BCUT2D eigenvalue weighted by molar-refractivity contribution is 8.00. The topological polar surface area (TPSA) is 71.1 Å².